The lowest BCUT2D eigenvalue weighted by Crippen LogP contribution is -2.04. The first-order chi connectivity index (χ1) is 6.76. The van der Waals surface area contributed by atoms with Crippen LogP contribution in [-0.4, -0.2) is 19.5 Å². The number of hydrogen-bond acceptors (Lipinski definition) is 3. The van der Waals surface area contributed by atoms with Crippen molar-refractivity contribution in [1.29, 1.82) is 0 Å². The molecule has 4 nitrogen and oxygen atoms in total. The Labute approximate surface area is 81.9 Å². The highest BCUT2D eigenvalue weighted by Crippen LogP contribution is 2.09. The first kappa shape index (κ1) is 10.2. The average molecular weight is 193 g/mol. The van der Waals surface area contributed by atoms with E-state index in [1.54, 1.807) is 24.3 Å². The van der Waals surface area contributed by atoms with Crippen molar-refractivity contribution in [1.82, 2.24) is 0 Å². The van der Waals surface area contributed by atoms with Crippen LogP contribution in [0, 0.1) is 0 Å². The van der Waals surface area contributed by atoms with Crippen molar-refractivity contribution in [2.24, 2.45) is 0 Å². The zero-order chi connectivity index (χ0) is 10.4. The maximum atomic E-state index is 10.9. The molecule has 0 aliphatic carbocycles. The highest BCUT2D eigenvalue weighted by atomic mass is 16.5. The van der Waals surface area contributed by atoms with Gasteiger partial charge < -0.3 is 10.1 Å². The summed E-state index contributed by atoms with van der Waals surface area (Å²) in [7, 11) is 1.35. The topological polar surface area (TPSA) is 55.4 Å². The standard InChI is InChI=1S/C10H11NO3/c1-14-10(13)6-8-2-4-9(5-3-8)11-7-12/h2-5,7H,6H2,1H3,(H,11,12). The van der Waals surface area contributed by atoms with E-state index in [1.807, 2.05) is 0 Å². The molecule has 4 heteroatoms. The Hall–Kier alpha value is -1.84. The van der Waals surface area contributed by atoms with E-state index < -0.39 is 0 Å². The summed E-state index contributed by atoms with van der Waals surface area (Å²) in [6, 6.07) is 6.99. The van der Waals surface area contributed by atoms with Crippen LogP contribution in [-0.2, 0) is 20.7 Å². The molecule has 0 saturated heterocycles. The smallest absolute Gasteiger partial charge is 0.309 e. The van der Waals surface area contributed by atoms with Gasteiger partial charge in [-0.05, 0) is 17.7 Å². The summed E-state index contributed by atoms with van der Waals surface area (Å²) >= 11 is 0. The summed E-state index contributed by atoms with van der Waals surface area (Å²) in [5.41, 5.74) is 1.56. The Morgan fingerprint density at radius 2 is 2.07 bits per heavy atom. The van der Waals surface area contributed by atoms with Crippen LogP contribution in [0.4, 0.5) is 5.69 Å². The summed E-state index contributed by atoms with van der Waals surface area (Å²) in [5.74, 6) is -0.277. The van der Waals surface area contributed by atoms with Crippen LogP contribution in [0.3, 0.4) is 0 Å². The van der Waals surface area contributed by atoms with Crippen LogP contribution < -0.4 is 5.32 Å². The maximum absolute atomic E-state index is 10.9. The zero-order valence-corrected chi connectivity index (χ0v) is 7.82. The molecule has 1 amide bonds. The van der Waals surface area contributed by atoms with E-state index in [2.05, 4.69) is 10.1 Å². The molecule has 0 saturated carbocycles. The number of ether oxygens (including phenoxy) is 1. The fraction of sp³-hybridized carbons (Fsp3) is 0.200. The zero-order valence-electron chi connectivity index (χ0n) is 7.82. The molecule has 0 aliphatic rings. The molecule has 0 fully saturated rings. The monoisotopic (exact) mass is 193 g/mol. The number of nitrogens with one attached hydrogen (secondary N) is 1. The van der Waals surface area contributed by atoms with Crippen molar-refractivity contribution in [3.05, 3.63) is 29.8 Å². The van der Waals surface area contributed by atoms with Crippen molar-refractivity contribution >= 4 is 18.1 Å². The Bertz CT molecular complexity index is 319. The number of esters is 1. The lowest BCUT2D eigenvalue weighted by atomic mass is 10.1. The minimum Gasteiger partial charge on any atom is -0.469 e. The molecule has 0 unspecified atom stereocenters. The van der Waals surface area contributed by atoms with Crippen LogP contribution in [0.1, 0.15) is 5.56 Å². The van der Waals surface area contributed by atoms with Gasteiger partial charge in [-0.1, -0.05) is 12.1 Å². The van der Waals surface area contributed by atoms with Crippen molar-refractivity contribution in [3.63, 3.8) is 0 Å². The summed E-state index contributed by atoms with van der Waals surface area (Å²) in [6.45, 7) is 0. The number of carbonyl (C=O) groups is 2. The van der Waals surface area contributed by atoms with Crippen LogP contribution in [0.2, 0.25) is 0 Å². The lowest BCUT2D eigenvalue weighted by Gasteiger charge is -2.01. The van der Waals surface area contributed by atoms with Gasteiger partial charge >= 0.3 is 5.97 Å². The number of hydrogen-bond donors (Lipinski definition) is 1. The Morgan fingerprint density at radius 3 is 2.57 bits per heavy atom. The second-order valence-electron chi connectivity index (χ2n) is 2.71. The molecule has 1 aromatic rings. The normalized spacial score (nSPS) is 9.21. The highest BCUT2D eigenvalue weighted by Gasteiger charge is 2.01. The first-order valence-electron chi connectivity index (χ1n) is 4.12. The van der Waals surface area contributed by atoms with Crippen LogP contribution in [0.5, 0.6) is 0 Å². The van der Waals surface area contributed by atoms with E-state index in [0.717, 1.165) is 5.56 Å². The predicted molar refractivity (Wildman–Crippen MR) is 51.8 cm³/mol. The summed E-state index contributed by atoms with van der Waals surface area (Å²) in [5, 5.41) is 2.51. The van der Waals surface area contributed by atoms with Gasteiger partial charge in [0.2, 0.25) is 6.41 Å². The molecule has 0 aromatic heterocycles. The molecule has 0 spiro atoms. The van der Waals surface area contributed by atoms with Crippen LogP contribution in [0.25, 0.3) is 0 Å². The van der Waals surface area contributed by atoms with Crippen molar-refractivity contribution in [3.8, 4) is 0 Å². The third-order valence-electron chi connectivity index (χ3n) is 1.76. The fourth-order valence-electron chi connectivity index (χ4n) is 1.03. The summed E-state index contributed by atoms with van der Waals surface area (Å²) < 4.78 is 4.52. The minimum atomic E-state index is -0.277. The van der Waals surface area contributed by atoms with E-state index in [-0.39, 0.29) is 12.4 Å². The molecule has 0 bridgehead atoms. The van der Waals surface area contributed by atoms with Gasteiger partial charge in [-0.3, -0.25) is 9.59 Å². The number of carbonyl (C=O) groups excluding carboxylic acids is 2. The molecule has 0 heterocycles. The molecular weight excluding hydrogens is 182 g/mol. The van der Waals surface area contributed by atoms with Crippen LogP contribution in [0.15, 0.2) is 24.3 Å². The predicted octanol–water partition coefficient (Wildman–Crippen LogP) is 0.970. The van der Waals surface area contributed by atoms with Gasteiger partial charge in [0.25, 0.3) is 0 Å². The molecule has 1 aromatic carbocycles. The van der Waals surface area contributed by atoms with Gasteiger partial charge in [0, 0.05) is 5.69 Å². The highest BCUT2D eigenvalue weighted by molar-refractivity contribution is 5.74. The van der Waals surface area contributed by atoms with E-state index in [0.29, 0.717) is 12.1 Å². The first-order valence-corrected chi connectivity index (χ1v) is 4.12. The van der Waals surface area contributed by atoms with Gasteiger partial charge in [0.1, 0.15) is 0 Å². The maximum Gasteiger partial charge on any atom is 0.309 e. The molecule has 74 valence electrons. The summed E-state index contributed by atoms with van der Waals surface area (Å²) in [4.78, 5) is 21.0. The molecule has 0 radical (unpaired) electrons. The van der Waals surface area contributed by atoms with Crippen LogP contribution >= 0.6 is 0 Å². The molecule has 0 atom stereocenters. The Kier molecular flexibility index (Phi) is 3.67. The second-order valence-corrected chi connectivity index (χ2v) is 2.71. The number of amides is 1. The van der Waals surface area contributed by atoms with Gasteiger partial charge in [-0.2, -0.15) is 0 Å². The largest absolute Gasteiger partial charge is 0.469 e. The van der Waals surface area contributed by atoms with E-state index in [1.165, 1.54) is 7.11 Å². The Morgan fingerprint density at radius 1 is 1.43 bits per heavy atom. The number of methoxy groups -OCH3 is 1. The molecule has 0 aliphatic heterocycles. The molecule has 1 N–H and O–H groups in total. The van der Waals surface area contributed by atoms with E-state index >= 15 is 0 Å². The second kappa shape index (κ2) is 5.01. The minimum absolute atomic E-state index is 0.248. The third-order valence-corrected chi connectivity index (χ3v) is 1.76. The van der Waals surface area contributed by atoms with Gasteiger partial charge in [0.15, 0.2) is 0 Å². The quantitative estimate of drug-likeness (QED) is 0.572. The lowest BCUT2D eigenvalue weighted by molar-refractivity contribution is -0.139. The van der Waals surface area contributed by atoms with Crippen molar-refractivity contribution < 1.29 is 14.3 Å². The molecular formula is C10H11NO3. The Balaban J connectivity index is 2.63. The van der Waals surface area contributed by atoms with Crippen molar-refractivity contribution in [2.45, 2.75) is 6.42 Å². The number of rotatable bonds is 4. The molecule has 14 heavy (non-hydrogen) atoms. The van der Waals surface area contributed by atoms with Gasteiger partial charge in [-0.25, -0.2) is 0 Å². The van der Waals surface area contributed by atoms with Gasteiger partial charge in [-0.15, -0.1) is 0 Å². The van der Waals surface area contributed by atoms with E-state index in [9.17, 15) is 9.59 Å². The molecule has 1 rings (SSSR count). The average Bonchev–Trinajstić information content (AvgIpc) is 2.21. The van der Waals surface area contributed by atoms with E-state index in [4.69, 9.17) is 0 Å². The van der Waals surface area contributed by atoms with Gasteiger partial charge in [0.05, 0.1) is 13.5 Å². The third kappa shape index (κ3) is 2.90. The van der Waals surface area contributed by atoms with Crippen molar-refractivity contribution in [2.75, 3.05) is 12.4 Å². The fourth-order valence-corrected chi connectivity index (χ4v) is 1.03. The summed E-state index contributed by atoms with van der Waals surface area (Å²) in [6.07, 6.45) is 0.854. The SMILES string of the molecule is COC(=O)Cc1ccc(NC=O)cc1. The number of anilines is 1. The number of benzene rings is 1.